The molecule has 1 aliphatic rings. The molecule has 0 amide bonds. The first-order valence-electron chi connectivity index (χ1n) is 6.99. The van der Waals surface area contributed by atoms with Crippen LogP contribution in [0.15, 0.2) is 24.3 Å². The van der Waals surface area contributed by atoms with E-state index in [1.807, 2.05) is 0 Å². The molecule has 0 radical (unpaired) electrons. The van der Waals surface area contributed by atoms with Crippen LogP contribution in [0.25, 0.3) is 0 Å². The van der Waals surface area contributed by atoms with Crippen molar-refractivity contribution in [3.8, 4) is 5.75 Å². The Bertz CT molecular complexity index is 515. The fraction of sp³-hybridized carbons (Fsp3) is 0.533. The van der Waals surface area contributed by atoms with Gasteiger partial charge in [-0.1, -0.05) is 11.6 Å². The molecule has 1 aromatic carbocycles. The monoisotopic (exact) mass is 333 g/mol. The van der Waals surface area contributed by atoms with Gasteiger partial charge in [-0.2, -0.15) is 0 Å². The zero-order chi connectivity index (χ0) is 16.2. The number of hydrogen-bond donors (Lipinski definition) is 0. The van der Waals surface area contributed by atoms with Gasteiger partial charge in [0, 0.05) is 11.4 Å². The van der Waals surface area contributed by atoms with Crippen LogP contribution in [0.3, 0.4) is 0 Å². The number of unbranched alkanes of at least 4 members (excludes halogenated alkanes) is 2. The molecule has 1 aliphatic heterocycles. The number of epoxide rings is 1. The van der Waals surface area contributed by atoms with Crippen LogP contribution in [0.2, 0.25) is 5.02 Å². The molecule has 1 fully saturated rings. The highest BCUT2D eigenvalue weighted by atomic mass is 35.5. The lowest BCUT2D eigenvalue weighted by Gasteiger charge is -2.24. The fourth-order valence-corrected chi connectivity index (χ4v) is 2.23. The van der Waals surface area contributed by atoms with Crippen molar-refractivity contribution >= 4 is 17.6 Å². The maximum atomic E-state index is 13.7. The third-order valence-electron chi connectivity index (χ3n) is 3.57. The Labute approximate surface area is 132 Å². The summed E-state index contributed by atoms with van der Waals surface area (Å²) in [4.78, 5) is 10.7. The number of carboxylic acid groups (broad SMARTS) is 1. The zero-order valence-corrected chi connectivity index (χ0v) is 12.6. The van der Waals surface area contributed by atoms with E-state index in [4.69, 9.17) is 16.3 Å². The standard InChI is InChI=1S/C15H17ClF2O4/c16-11-4-6-12(7-5-11)21-9-3-1-2-8-15(17,18)14(10-22-14)13(19)20/h4-7H,1-3,8-10H2,(H,19,20)/p-1. The molecular weight excluding hydrogens is 318 g/mol. The van der Waals surface area contributed by atoms with E-state index in [2.05, 4.69) is 4.74 Å². The molecule has 1 unspecified atom stereocenters. The quantitative estimate of drug-likeness (QED) is 0.514. The molecule has 0 aliphatic carbocycles. The largest absolute Gasteiger partial charge is 0.547 e. The van der Waals surface area contributed by atoms with Gasteiger partial charge in [-0.25, -0.2) is 8.78 Å². The summed E-state index contributed by atoms with van der Waals surface area (Å²) in [6.07, 6.45) is 0.751. The molecule has 1 saturated heterocycles. The summed E-state index contributed by atoms with van der Waals surface area (Å²) in [5.74, 6) is -4.58. The second-order valence-corrected chi connectivity index (χ2v) is 5.66. The van der Waals surface area contributed by atoms with Crippen LogP contribution in [0.1, 0.15) is 25.7 Å². The molecule has 0 saturated carbocycles. The summed E-state index contributed by atoms with van der Waals surface area (Å²) < 4.78 is 37.3. The second kappa shape index (κ2) is 6.79. The molecule has 0 N–H and O–H groups in total. The molecule has 1 heterocycles. The number of benzene rings is 1. The van der Waals surface area contributed by atoms with Crippen LogP contribution in [0.5, 0.6) is 5.75 Å². The van der Waals surface area contributed by atoms with Gasteiger partial charge in [-0.3, -0.25) is 0 Å². The van der Waals surface area contributed by atoms with Crippen LogP contribution in [-0.4, -0.2) is 30.7 Å². The van der Waals surface area contributed by atoms with Crippen molar-refractivity contribution in [2.45, 2.75) is 37.2 Å². The Morgan fingerprint density at radius 2 is 1.95 bits per heavy atom. The van der Waals surface area contributed by atoms with Crippen molar-refractivity contribution in [3.63, 3.8) is 0 Å². The van der Waals surface area contributed by atoms with Crippen LogP contribution in [-0.2, 0) is 9.53 Å². The minimum atomic E-state index is -3.40. The molecule has 0 bridgehead atoms. The van der Waals surface area contributed by atoms with Crippen molar-refractivity contribution < 1.29 is 28.2 Å². The second-order valence-electron chi connectivity index (χ2n) is 5.22. The lowest BCUT2D eigenvalue weighted by atomic mass is 9.97. The number of halogens is 3. The molecule has 1 atom stereocenters. The van der Waals surface area contributed by atoms with E-state index in [-0.39, 0.29) is 6.42 Å². The van der Waals surface area contributed by atoms with Gasteiger partial charge in [0.2, 0.25) is 0 Å². The highest BCUT2D eigenvalue weighted by molar-refractivity contribution is 6.30. The van der Waals surface area contributed by atoms with E-state index in [1.165, 1.54) is 0 Å². The number of hydrogen-bond acceptors (Lipinski definition) is 4. The highest BCUT2D eigenvalue weighted by Crippen LogP contribution is 2.45. The molecular formula is C15H16ClF2O4-. The van der Waals surface area contributed by atoms with Crippen molar-refractivity contribution in [1.82, 2.24) is 0 Å². The molecule has 4 nitrogen and oxygen atoms in total. The predicted molar refractivity (Wildman–Crippen MR) is 74.1 cm³/mol. The third-order valence-corrected chi connectivity index (χ3v) is 3.82. The van der Waals surface area contributed by atoms with E-state index in [0.29, 0.717) is 30.2 Å². The zero-order valence-electron chi connectivity index (χ0n) is 11.8. The predicted octanol–water partition coefficient (Wildman–Crippen LogP) is 2.43. The normalized spacial score (nSPS) is 20.7. The van der Waals surface area contributed by atoms with Crippen LogP contribution < -0.4 is 9.84 Å². The first-order chi connectivity index (χ1) is 10.4. The molecule has 2 rings (SSSR count). The maximum Gasteiger partial charge on any atom is 0.284 e. The summed E-state index contributed by atoms with van der Waals surface area (Å²) in [6.45, 7) is -0.0860. The van der Waals surface area contributed by atoms with E-state index >= 15 is 0 Å². The Morgan fingerprint density at radius 3 is 2.50 bits per heavy atom. The van der Waals surface area contributed by atoms with Crippen LogP contribution >= 0.6 is 11.6 Å². The minimum Gasteiger partial charge on any atom is -0.547 e. The number of rotatable bonds is 9. The molecule has 0 aromatic heterocycles. The Morgan fingerprint density at radius 1 is 1.32 bits per heavy atom. The number of carbonyl (C=O) groups is 1. The van der Waals surface area contributed by atoms with Gasteiger partial charge in [0.1, 0.15) is 5.75 Å². The van der Waals surface area contributed by atoms with E-state index in [9.17, 15) is 18.7 Å². The maximum absolute atomic E-state index is 13.7. The molecule has 0 spiro atoms. The van der Waals surface area contributed by atoms with Gasteiger partial charge in [-0.05, 0) is 43.5 Å². The summed E-state index contributed by atoms with van der Waals surface area (Å²) in [5, 5.41) is 11.3. The Kier molecular flexibility index (Phi) is 5.24. The molecule has 7 heteroatoms. The van der Waals surface area contributed by atoms with Crippen molar-refractivity contribution in [2.75, 3.05) is 13.2 Å². The smallest absolute Gasteiger partial charge is 0.284 e. The lowest BCUT2D eigenvalue weighted by Crippen LogP contribution is -2.51. The van der Waals surface area contributed by atoms with Gasteiger partial charge in [0.05, 0.1) is 19.2 Å². The van der Waals surface area contributed by atoms with E-state index in [0.717, 1.165) is 0 Å². The van der Waals surface area contributed by atoms with Gasteiger partial charge in [-0.15, -0.1) is 0 Å². The lowest BCUT2D eigenvalue weighted by molar-refractivity contribution is -0.321. The van der Waals surface area contributed by atoms with Crippen molar-refractivity contribution in [1.29, 1.82) is 0 Å². The van der Waals surface area contributed by atoms with E-state index < -0.39 is 30.5 Å². The average Bonchev–Trinajstić information content (AvgIpc) is 3.26. The summed E-state index contributed by atoms with van der Waals surface area (Å²) in [7, 11) is 0. The summed E-state index contributed by atoms with van der Waals surface area (Å²) >= 11 is 5.74. The Balaban J connectivity index is 1.63. The first kappa shape index (κ1) is 17.0. The fourth-order valence-electron chi connectivity index (χ4n) is 2.10. The van der Waals surface area contributed by atoms with Gasteiger partial charge in [0.25, 0.3) is 5.92 Å². The van der Waals surface area contributed by atoms with Crippen LogP contribution in [0.4, 0.5) is 8.78 Å². The number of carboxylic acids is 1. The summed E-state index contributed by atoms with van der Waals surface area (Å²) in [6, 6.07) is 6.86. The summed E-state index contributed by atoms with van der Waals surface area (Å²) in [5.41, 5.74) is -2.41. The minimum absolute atomic E-state index is 0.190. The first-order valence-corrected chi connectivity index (χ1v) is 7.37. The van der Waals surface area contributed by atoms with Gasteiger partial charge >= 0.3 is 0 Å². The van der Waals surface area contributed by atoms with Crippen LogP contribution in [0, 0.1) is 0 Å². The number of alkyl halides is 2. The number of aliphatic carboxylic acids is 1. The number of carbonyl (C=O) groups excluding carboxylic acids is 1. The van der Waals surface area contributed by atoms with E-state index in [1.54, 1.807) is 24.3 Å². The SMILES string of the molecule is O=C([O-])C1(C(F)(F)CCCCCOc2ccc(Cl)cc2)CO1. The van der Waals surface area contributed by atoms with Crippen molar-refractivity contribution in [3.05, 3.63) is 29.3 Å². The topological polar surface area (TPSA) is 61.9 Å². The van der Waals surface area contributed by atoms with Gasteiger partial charge in [0.15, 0.2) is 5.60 Å². The molecule has 122 valence electrons. The third kappa shape index (κ3) is 3.87. The average molecular weight is 334 g/mol. The highest BCUT2D eigenvalue weighted by Gasteiger charge is 2.65. The van der Waals surface area contributed by atoms with Gasteiger partial charge < -0.3 is 19.4 Å². The molecule has 22 heavy (non-hydrogen) atoms. The Hall–Kier alpha value is -1.40. The van der Waals surface area contributed by atoms with Crippen molar-refractivity contribution in [2.24, 2.45) is 0 Å². The number of ether oxygens (including phenoxy) is 2. The molecule has 1 aromatic rings.